The van der Waals surface area contributed by atoms with Gasteiger partial charge in [0.25, 0.3) is 5.91 Å². The zero-order valence-electron chi connectivity index (χ0n) is 16.5. The monoisotopic (exact) mass is 464 g/mol. The van der Waals surface area contributed by atoms with E-state index in [4.69, 9.17) is 16.3 Å². The first-order chi connectivity index (χ1) is 15.5. The number of nitrogens with zero attached hydrogens (tertiary/aromatic N) is 1. The molecule has 0 unspecified atom stereocenters. The summed E-state index contributed by atoms with van der Waals surface area (Å²) in [5, 5.41) is 10.4. The lowest BCUT2D eigenvalue weighted by Crippen LogP contribution is -2.19. The number of urea groups is 1. The van der Waals surface area contributed by atoms with Crippen molar-refractivity contribution in [3.05, 3.63) is 95.0 Å². The Hall–Kier alpha value is -3.88. The van der Waals surface area contributed by atoms with E-state index in [1.54, 1.807) is 53.9 Å². The van der Waals surface area contributed by atoms with Gasteiger partial charge in [-0.3, -0.25) is 10.1 Å². The molecular formula is C23H17ClN4O3S. The van der Waals surface area contributed by atoms with Crippen LogP contribution in [0.4, 0.5) is 21.3 Å². The number of anilines is 3. The van der Waals surface area contributed by atoms with Crippen LogP contribution in [0.5, 0.6) is 11.5 Å². The van der Waals surface area contributed by atoms with Gasteiger partial charge in [0.15, 0.2) is 5.13 Å². The van der Waals surface area contributed by atoms with Gasteiger partial charge in [-0.2, -0.15) is 0 Å². The number of carbonyl (C=O) groups is 2. The minimum Gasteiger partial charge on any atom is -0.457 e. The highest BCUT2D eigenvalue weighted by molar-refractivity contribution is 7.14. The van der Waals surface area contributed by atoms with Gasteiger partial charge in [0, 0.05) is 21.8 Å². The van der Waals surface area contributed by atoms with E-state index in [1.807, 2.05) is 30.3 Å². The molecule has 0 aliphatic heterocycles. The molecule has 32 heavy (non-hydrogen) atoms. The molecule has 0 radical (unpaired) electrons. The fourth-order valence-corrected chi connectivity index (χ4v) is 3.56. The quantitative estimate of drug-likeness (QED) is 0.304. The molecule has 3 amide bonds. The van der Waals surface area contributed by atoms with Gasteiger partial charge in [0.2, 0.25) is 0 Å². The van der Waals surface area contributed by atoms with Crippen molar-refractivity contribution in [2.75, 3.05) is 16.0 Å². The van der Waals surface area contributed by atoms with Crippen LogP contribution in [0.3, 0.4) is 0 Å². The summed E-state index contributed by atoms with van der Waals surface area (Å²) in [5.41, 5.74) is 1.33. The molecule has 4 aromatic rings. The van der Waals surface area contributed by atoms with E-state index in [2.05, 4.69) is 20.9 Å². The molecule has 1 aromatic heterocycles. The van der Waals surface area contributed by atoms with Crippen molar-refractivity contribution in [2.45, 2.75) is 0 Å². The minimum absolute atomic E-state index is 0.192. The van der Waals surface area contributed by atoms with Gasteiger partial charge in [-0.1, -0.05) is 35.9 Å². The molecule has 0 atom stereocenters. The summed E-state index contributed by atoms with van der Waals surface area (Å²) in [5.74, 6) is 0.993. The number of aromatic nitrogens is 1. The number of halogens is 1. The van der Waals surface area contributed by atoms with Crippen molar-refractivity contribution in [2.24, 2.45) is 0 Å². The van der Waals surface area contributed by atoms with E-state index in [0.29, 0.717) is 27.3 Å². The third-order valence-electron chi connectivity index (χ3n) is 4.13. The molecule has 1 heterocycles. The van der Waals surface area contributed by atoms with Crippen LogP contribution < -0.4 is 20.7 Å². The zero-order valence-corrected chi connectivity index (χ0v) is 18.1. The van der Waals surface area contributed by atoms with Crippen LogP contribution in [0.1, 0.15) is 10.5 Å². The number of hydrogen-bond acceptors (Lipinski definition) is 5. The van der Waals surface area contributed by atoms with Crippen molar-refractivity contribution in [1.82, 2.24) is 4.98 Å². The second kappa shape index (κ2) is 9.95. The van der Waals surface area contributed by atoms with Crippen LogP contribution in [0.2, 0.25) is 5.02 Å². The Labute approximate surface area is 193 Å². The summed E-state index contributed by atoms with van der Waals surface area (Å²) < 4.78 is 5.74. The van der Waals surface area contributed by atoms with E-state index < -0.39 is 6.03 Å². The first-order valence-corrected chi connectivity index (χ1v) is 10.7. The number of ether oxygens (including phenoxy) is 1. The lowest BCUT2D eigenvalue weighted by Gasteiger charge is -2.07. The zero-order chi connectivity index (χ0) is 22.3. The molecule has 0 saturated carbocycles. The van der Waals surface area contributed by atoms with Crippen molar-refractivity contribution < 1.29 is 14.3 Å². The summed E-state index contributed by atoms with van der Waals surface area (Å²) >= 11 is 7.05. The van der Waals surface area contributed by atoms with Gasteiger partial charge in [-0.05, 0) is 54.6 Å². The lowest BCUT2D eigenvalue weighted by atomic mass is 10.3. The Morgan fingerprint density at radius 2 is 1.56 bits per heavy atom. The smallest absolute Gasteiger partial charge is 0.325 e. The lowest BCUT2D eigenvalue weighted by molar-refractivity contribution is 0.102. The number of para-hydroxylation sites is 1. The molecule has 0 saturated heterocycles. The number of amides is 3. The van der Waals surface area contributed by atoms with Crippen LogP contribution in [0.15, 0.2) is 84.2 Å². The van der Waals surface area contributed by atoms with Gasteiger partial charge in [0.1, 0.15) is 17.2 Å². The van der Waals surface area contributed by atoms with E-state index in [9.17, 15) is 9.59 Å². The molecule has 3 aromatic carbocycles. The molecular weight excluding hydrogens is 448 g/mol. The standard InChI is InChI=1S/C23H17ClN4O3S/c24-15-5-4-6-17(13-15)26-22(30)28-23-27-20(14-32-23)21(29)25-16-9-11-19(12-10-16)31-18-7-2-1-3-8-18/h1-14H,(H,25,29)(H2,26,27,28,30). The van der Waals surface area contributed by atoms with Crippen LogP contribution >= 0.6 is 22.9 Å². The van der Waals surface area contributed by atoms with Crippen molar-refractivity contribution >= 4 is 51.4 Å². The van der Waals surface area contributed by atoms with Crippen LogP contribution in [-0.2, 0) is 0 Å². The first kappa shape index (κ1) is 21.4. The highest BCUT2D eigenvalue weighted by Crippen LogP contribution is 2.23. The average molecular weight is 465 g/mol. The number of nitrogens with one attached hydrogen (secondary N) is 3. The van der Waals surface area contributed by atoms with Crippen molar-refractivity contribution in [3.8, 4) is 11.5 Å². The SMILES string of the molecule is O=C(Nc1cccc(Cl)c1)Nc1nc(C(=O)Nc2ccc(Oc3ccccc3)cc2)cs1. The van der Waals surface area contributed by atoms with Crippen molar-refractivity contribution in [1.29, 1.82) is 0 Å². The summed E-state index contributed by atoms with van der Waals surface area (Å²) in [6.45, 7) is 0. The maximum Gasteiger partial charge on any atom is 0.325 e. The highest BCUT2D eigenvalue weighted by atomic mass is 35.5. The van der Waals surface area contributed by atoms with Gasteiger partial charge < -0.3 is 15.4 Å². The first-order valence-electron chi connectivity index (χ1n) is 9.48. The Kier molecular flexibility index (Phi) is 6.64. The molecule has 0 fully saturated rings. The Bertz CT molecular complexity index is 1230. The predicted molar refractivity (Wildman–Crippen MR) is 127 cm³/mol. The average Bonchev–Trinajstić information content (AvgIpc) is 3.24. The number of rotatable bonds is 6. The molecule has 3 N–H and O–H groups in total. The number of benzene rings is 3. The van der Waals surface area contributed by atoms with Gasteiger partial charge in [0.05, 0.1) is 0 Å². The van der Waals surface area contributed by atoms with Gasteiger partial charge >= 0.3 is 6.03 Å². The molecule has 9 heteroatoms. The fourth-order valence-electron chi connectivity index (χ4n) is 2.69. The maximum absolute atomic E-state index is 12.5. The number of hydrogen-bond donors (Lipinski definition) is 3. The van der Waals surface area contributed by atoms with E-state index in [0.717, 1.165) is 17.1 Å². The topological polar surface area (TPSA) is 92.4 Å². The van der Waals surface area contributed by atoms with Crippen LogP contribution in [0, 0.1) is 0 Å². The molecule has 0 aliphatic rings. The number of carbonyl (C=O) groups excluding carboxylic acids is 2. The molecule has 0 aliphatic carbocycles. The second-order valence-corrected chi connectivity index (χ2v) is 7.82. The second-order valence-electron chi connectivity index (χ2n) is 6.52. The predicted octanol–water partition coefficient (Wildman–Crippen LogP) is 6.49. The van der Waals surface area contributed by atoms with E-state index in [1.165, 1.54) is 0 Å². The summed E-state index contributed by atoms with van der Waals surface area (Å²) in [7, 11) is 0. The molecule has 4 rings (SSSR count). The fraction of sp³-hybridized carbons (Fsp3) is 0. The maximum atomic E-state index is 12.5. The summed E-state index contributed by atoms with van der Waals surface area (Å²) in [6, 6.07) is 22.7. The summed E-state index contributed by atoms with van der Waals surface area (Å²) in [6.07, 6.45) is 0. The van der Waals surface area contributed by atoms with Crippen LogP contribution in [0.25, 0.3) is 0 Å². The Morgan fingerprint density at radius 3 is 2.31 bits per heavy atom. The van der Waals surface area contributed by atoms with Gasteiger partial charge in [-0.15, -0.1) is 11.3 Å². The van der Waals surface area contributed by atoms with Gasteiger partial charge in [-0.25, -0.2) is 9.78 Å². The van der Waals surface area contributed by atoms with Crippen LogP contribution in [-0.4, -0.2) is 16.9 Å². The molecule has 7 nitrogen and oxygen atoms in total. The normalized spacial score (nSPS) is 10.3. The minimum atomic E-state index is -0.484. The van der Waals surface area contributed by atoms with E-state index in [-0.39, 0.29) is 11.6 Å². The summed E-state index contributed by atoms with van der Waals surface area (Å²) in [4.78, 5) is 28.8. The number of thiazole rings is 1. The highest BCUT2D eigenvalue weighted by Gasteiger charge is 2.13. The molecule has 0 bridgehead atoms. The Morgan fingerprint density at radius 1 is 0.812 bits per heavy atom. The molecule has 0 spiro atoms. The Balaban J connectivity index is 1.32. The van der Waals surface area contributed by atoms with Crippen molar-refractivity contribution in [3.63, 3.8) is 0 Å². The third kappa shape index (κ3) is 5.84. The third-order valence-corrected chi connectivity index (χ3v) is 5.12. The molecule has 160 valence electrons. The largest absolute Gasteiger partial charge is 0.457 e. The van der Waals surface area contributed by atoms with E-state index >= 15 is 0 Å².